The average Bonchev–Trinajstić information content (AvgIpc) is 3.02. The highest BCUT2D eigenvalue weighted by molar-refractivity contribution is 5.85. The quantitative estimate of drug-likeness (QED) is 0.773. The van der Waals surface area contributed by atoms with Gasteiger partial charge in [-0.05, 0) is 30.7 Å². The molecule has 1 aromatic carbocycles. The van der Waals surface area contributed by atoms with E-state index in [1.54, 1.807) is 6.26 Å². The van der Waals surface area contributed by atoms with E-state index in [0.29, 0.717) is 0 Å². The lowest BCUT2D eigenvalue weighted by Gasteiger charge is -2.07. The fourth-order valence-electron chi connectivity index (χ4n) is 2.60. The van der Waals surface area contributed by atoms with Gasteiger partial charge in [-0.2, -0.15) is 0 Å². The van der Waals surface area contributed by atoms with Gasteiger partial charge in [0.2, 0.25) is 0 Å². The third kappa shape index (κ3) is 2.17. The van der Waals surface area contributed by atoms with E-state index in [1.807, 2.05) is 12.1 Å². The minimum absolute atomic E-state index is 0.758. The standard InChI is InChI=1S/C16H18N2O/c1-12-14-7-3-4-8-15(14)18(2)16(12)11-17-10-13-6-5-9-19-13/h3-9,17H,10-11H2,1-2H3. The van der Waals surface area contributed by atoms with Crippen LogP contribution in [-0.4, -0.2) is 4.57 Å². The number of fused-ring (bicyclic) bond motifs is 1. The van der Waals surface area contributed by atoms with Crippen molar-refractivity contribution in [2.45, 2.75) is 20.0 Å². The van der Waals surface area contributed by atoms with E-state index < -0.39 is 0 Å². The van der Waals surface area contributed by atoms with Gasteiger partial charge in [-0.25, -0.2) is 0 Å². The number of hydrogen-bond donors (Lipinski definition) is 1. The molecule has 0 spiro atoms. The van der Waals surface area contributed by atoms with Gasteiger partial charge in [-0.15, -0.1) is 0 Å². The van der Waals surface area contributed by atoms with Gasteiger partial charge in [0.1, 0.15) is 5.76 Å². The van der Waals surface area contributed by atoms with Gasteiger partial charge < -0.3 is 14.3 Å². The molecule has 2 heterocycles. The SMILES string of the molecule is Cc1c(CNCc2ccco2)n(C)c2ccccc12. The summed E-state index contributed by atoms with van der Waals surface area (Å²) >= 11 is 0. The molecular formula is C16H18N2O. The Balaban J connectivity index is 1.81. The molecule has 1 N–H and O–H groups in total. The summed E-state index contributed by atoms with van der Waals surface area (Å²) in [6.07, 6.45) is 1.71. The molecule has 3 heteroatoms. The van der Waals surface area contributed by atoms with Crippen molar-refractivity contribution in [1.29, 1.82) is 0 Å². The van der Waals surface area contributed by atoms with Crippen LogP contribution < -0.4 is 5.32 Å². The molecule has 19 heavy (non-hydrogen) atoms. The van der Waals surface area contributed by atoms with Gasteiger partial charge in [-0.1, -0.05) is 18.2 Å². The summed E-state index contributed by atoms with van der Waals surface area (Å²) in [5, 5.41) is 4.77. The molecule has 3 rings (SSSR count). The minimum atomic E-state index is 0.758. The van der Waals surface area contributed by atoms with Gasteiger partial charge in [0.15, 0.2) is 0 Å². The van der Waals surface area contributed by atoms with Gasteiger partial charge in [0.25, 0.3) is 0 Å². The summed E-state index contributed by atoms with van der Waals surface area (Å²) in [4.78, 5) is 0. The Hall–Kier alpha value is -2.00. The number of rotatable bonds is 4. The molecule has 0 atom stereocenters. The van der Waals surface area contributed by atoms with Crippen LogP contribution in [0.25, 0.3) is 10.9 Å². The van der Waals surface area contributed by atoms with Crippen LogP contribution in [0.5, 0.6) is 0 Å². The summed E-state index contributed by atoms with van der Waals surface area (Å²) in [6, 6.07) is 12.4. The Bertz CT molecular complexity index is 641. The zero-order valence-electron chi connectivity index (χ0n) is 11.3. The Kier molecular flexibility index (Phi) is 3.13. The average molecular weight is 254 g/mol. The molecule has 2 aromatic heterocycles. The van der Waals surface area contributed by atoms with Crippen molar-refractivity contribution in [3.63, 3.8) is 0 Å². The summed E-state index contributed by atoms with van der Waals surface area (Å²) in [7, 11) is 2.12. The van der Waals surface area contributed by atoms with Crippen molar-refractivity contribution in [3.8, 4) is 0 Å². The second-order valence-corrected chi connectivity index (χ2v) is 4.83. The van der Waals surface area contributed by atoms with Crippen LogP contribution in [0.3, 0.4) is 0 Å². The largest absolute Gasteiger partial charge is 0.468 e. The summed E-state index contributed by atoms with van der Waals surface area (Å²) < 4.78 is 7.59. The maximum Gasteiger partial charge on any atom is 0.117 e. The summed E-state index contributed by atoms with van der Waals surface area (Å²) in [5.74, 6) is 0.969. The van der Waals surface area contributed by atoms with E-state index in [-0.39, 0.29) is 0 Å². The Morgan fingerprint density at radius 3 is 2.68 bits per heavy atom. The summed E-state index contributed by atoms with van der Waals surface area (Å²) in [6.45, 7) is 3.79. The third-order valence-corrected chi connectivity index (χ3v) is 3.68. The second-order valence-electron chi connectivity index (χ2n) is 4.83. The molecule has 0 amide bonds. The van der Waals surface area contributed by atoms with Crippen molar-refractivity contribution >= 4 is 10.9 Å². The first kappa shape index (κ1) is 12.1. The molecule has 0 radical (unpaired) electrons. The van der Waals surface area contributed by atoms with E-state index in [1.165, 1.54) is 22.2 Å². The van der Waals surface area contributed by atoms with E-state index in [4.69, 9.17) is 4.42 Å². The molecule has 0 aliphatic heterocycles. The van der Waals surface area contributed by atoms with Crippen LogP contribution in [0.1, 0.15) is 17.0 Å². The number of nitrogens with one attached hydrogen (secondary N) is 1. The molecule has 0 unspecified atom stereocenters. The zero-order valence-corrected chi connectivity index (χ0v) is 11.3. The van der Waals surface area contributed by atoms with Crippen LogP contribution in [0, 0.1) is 6.92 Å². The first-order valence-electron chi connectivity index (χ1n) is 6.53. The first-order chi connectivity index (χ1) is 9.27. The smallest absolute Gasteiger partial charge is 0.117 e. The van der Waals surface area contributed by atoms with Gasteiger partial charge in [-0.3, -0.25) is 0 Å². The number of aryl methyl sites for hydroxylation is 2. The van der Waals surface area contributed by atoms with Crippen LogP contribution >= 0.6 is 0 Å². The number of aromatic nitrogens is 1. The predicted octanol–water partition coefficient (Wildman–Crippen LogP) is 3.37. The lowest BCUT2D eigenvalue weighted by molar-refractivity contribution is 0.480. The van der Waals surface area contributed by atoms with E-state index >= 15 is 0 Å². The van der Waals surface area contributed by atoms with Crippen molar-refractivity contribution < 1.29 is 4.42 Å². The third-order valence-electron chi connectivity index (χ3n) is 3.68. The summed E-state index contributed by atoms with van der Waals surface area (Å²) in [5.41, 5.74) is 3.97. The molecule has 0 saturated heterocycles. The number of benzene rings is 1. The van der Waals surface area contributed by atoms with Gasteiger partial charge in [0.05, 0.1) is 12.8 Å². The number of furan rings is 1. The first-order valence-corrected chi connectivity index (χ1v) is 6.53. The van der Waals surface area contributed by atoms with Crippen molar-refractivity contribution in [2.24, 2.45) is 7.05 Å². The molecule has 0 aliphatic carbocycles. The highest BCUT2D eigenvalue weighted by atomic mass is 16.3. The van der Waals surface area contributed by atoms with Crippen LogP contribution in [0.15, 0.2) is 47.1 Å². The van der Waals surface area contributed by atoms with E-state index in [0.717, 1.165) is 18.8 Å². The molecule has 3 aromatic rings. The molecule has 98 valence electrons. The van der Waals surface area contributed by atoms with Crippen LogP contribution in [0.2, 0.25) is 0 Å². The lowest BCUT2D eigenvalue weighted by Crippen LogP contribution is -2.15. The zero-order chi connectivity index (χ0) is 13.2. The van der Waals surface area contributed by atoms with Gasteiger partial charge in [0, 0.05) is 30.2 Å². The monoisotopic (exact) mass is 254 g/mol. The topological polar surface area (TPSA) is 30.1 Å². The van der Waals surface area contributed by atoms with Crippen molar-refractivity contribution in [1.82, 2.24) is 9.88 Å². The minimum Gasteiger partial charge on any atom is -0.468 e. The van der Waals surface area contributed by atoms with Crippen LogP contribution in [0.4, 0.5) is 0 Å². The Morgan fingerprint density at radius 1 is 1.11 bits per heavy atom. The second kappa shape index (κ2) is 4.94. The predicted molar refractivity (Wildman–Crippen MR) is 76.9 cm³/mol. The fourth-order valence-corrected chi connectivity index (χ4v) is 2.60. The van der Waals surface area contributed by atoms with Crippen molar-refractivity contribution in [2.75, 3.05) is 0 Å². The maximum absolute atomic E-state index is 5.32. The number of para-hydroxylation sites is 1. The van der Waals surface area contributed by atoms with Crippen LogP contribution in [-0.2, 0) is 20.1 Å². The lowest BCUT2D eigenvalue weighted by atomic mass is 10.1. The van der Waals surface area contributed by atoms with E-state index in [9.17, 15) is 0 Å². The fraction of sp³-hybridized carbons (Fsp3) is 0.250. The number of hydrogen-bond acceptors (Lipinski definition) is 2. The maximum atomic E-state index is 5.32. The highest BCUT2D eigenvalue weighted by Crippen LogP contribution is 2.24. The Morgan fingerprint density at radius 2 is 1.95 bits per heavy atom. The molecule has 0 fully saturated rings. The highest BCUT2D eigenvalue weighted by Gasteiger charge is 2.10. The van der Waals surface area contributed by atoms with Gasteiger partial charge >= 0.3 is 0 Å². The molecule has 0 saturated carbocycles. The Labute approximate surface area is 112 Å². The molecule has 0 bridgehead atoms. The van der Waals surface area contributed by atoms with E-state index in [2.05, 4.69) is 48.1 Å². The molecule has 0 aliphatic rings. The normalized spacial score (nSPS) is 11.3. The molecule has 3 nitrogen and oxygen atoms in total. The number of nitrogens with zero attached hydrogens (tertiary/aromatic N) is 1. The molecular weight excluding hydrogens is 236 g/mol. The van der Waals surface area contributed by atoms with Crippen molar-refractivity contribution in [3.05, 3.63) is 59.7 Å².